The first kappa shape index (κ1) is 21.0. The van der Waals surface area contributed by atoms with Gasteiger partial charge < -0.3 is 15.0 Å². The number of rotatable bonds is 6. The molecular weight excluding hydrogens is 428 g/mol. The van der Waals surface area contributed by atoms with Gasteiger partial charge in [0.15, 0.2) is 0 Å². The second-order valence-corrected chi connectivity index (χ2v) is 7.60. The van der Waals surface area contributed by atoms with Crippen LogP contribution in [-0.4, -0.2) is 39.3 Å². The Bertz CT molecular complexity index is 1080. The number of pyridine rings is 1. The number of aromatic nitrogens is 3. The second kappa shape index (κ2) is 8.50. The predicted octanol–water partition coefficient (Wildman–Crippen LogP) is 4.50. The Morgan fingerprint density at radius 1 is 1.19 bits per heavy atom. The molecule has 10 heteroatoms. The summed E-state index contributed by atoms with van der Waals surface area (Å²) in [5, 5.41) is 6.97. The summed E-state index contributed by atoms with van der Waals surface area (Å²) >= 11 is 4.76. The number of nitrogens with one attached hydrogen (secondary N) is 1. The molecule has 0 aliphatic carbocycles. The van der Waals surface area contributed by atoms with Gasteiger partial charge in [-0.15, -0.1) is 8.78 Å². The molecule has 0 radical (unpaired) electrons. The van der Waals surface area contributed by atoms with E-state index < -0.39 is 5.57 Å². The van der Waals surface area contributed by atoms with E-state index in [4.69, 9.17) is 11.6 Å². The van der Waals surface area contributed by atoms with Gasteiger partial charge in [0.05, 0.1) is 11.3 Å². The fraction of sp³-hybridized carbons (Fsp3) is 0.286. The number of carbonyl (C=O) groups is 1. The zero-order valence-electron chi connectivity index (χ0n) is 16.7. The molecule has 0 unspecified atom stereocenters. The Labute approximate surface area is 182 Å². The minimum atomic E-state index is -3.80. The van der Waals surface area contributed by atoms with Crippen molar-refractivity contribution in [2.24, 2.45) is 7.05 Å². The van der Waals surface area contributed by atoms with Crippen molar-refractivity contribution in [1.29, 1.82) is 0 Å². The van der Waals surface area contributed by atoms with Gasteiger partial charge in [0.2, 0.25) is 0 Å². The number of anilines is 2. The molecule has 0 atom stereocenters. The topological polar surface area (TPSA) is 72.3 Å². The monoisotopic (exact) mass is 447 g/mol. The molecule has 3 aromatic rings. The van der Waals surface area contributed by atoms with Crippen molar-refractivity contribution in [3.8, 4) is 17.0 Å². The molecule has 31 heavy (non-hydrogen) atoms. The average molecular weight is 448 g/mol. The summed E-state index contributed by atoms with van der Waals surface area (Å²) in [6.45, 7) is 1.83. The number of alkyl halides is 3. The molecule has 1 saturated heterocycles. The van der Waals surface area contributed by atoms with Gasteiger partial charge in [-0.2, -0.15) is 5.10 Å². The highest BCUT2D eigenvalue weighted by atomic mass is 35.5. The van der Waals surface area contributed by atoms with Crippen molar-refractivity contribution in [3.63, 3.8) is 0 Å². The summed E-state index contributed by atoms with van der Waals surface area (Å²) in [6.07, 6.45) is 5.44. The highest BCUT2D eigenvalue weighted by molar-refractivity contribution is 6.20. The van der Waals surface area contributed by atoms with Gasteiger partial charge in [0.25, 0.3) is 5.91 Å². The van der Waals surface area contributed by atoms with E-state index in [0.717, 1.165) is 43.0 Å². The van der Waals surface area contributed by atoms with Crippen LogP contribution in [0.1, 0.15) is 23.2 Å². The molecule has 1 N–H and O–H groups in total. The minimum Gasteiger partial charge on any atom is -0.420 e. The average Bonchev–Trinajstić information content (AvgIpc) is 3.39. The number of carbonyl (C=O) groups excluding carboxylic acids is 1. The van der Waals surface area contributed by atoms with Crippen LogP contribution in [0.15, 0.2) is 48.8 Å². The SMILES string of the molecule is Cn1nccc1-c1cc(C(=O)Nc2ccc(OC(F)(F)Cl)cc2)cnc1N1CCCC1. The Kier molecular flexibility index (Phi) is 5.77. The third kappa shape index (κ3) is 4.93. The predicted molar refractivity (Wildman–Crippen MR) is 114 cm³/mol. The van der Waals surface area contributed by atoms with Gasteiger partial charge in [0.1, 0.15) is 11.6 Å². The summed E-state index contributed by atoms with van der Waals surface area (Å²) in [7, 11) is 1.84. The van der Waals surface area contributed by atoms with Crippen LogP contribution in [0.4, 0.5) is 20.3 Å². The number of benzene rings is 1. The molecule has 7 nitrogen and oxygen atoms in total. The molecule has 1 aliphatic heterocycles. The molecule has 0 bridgehead atoms. The highest BCUT2D eigenvalue weighted by Gasteiger charge is 2.27. The Balaban J connectivity index is 1.58. The van der Waals surface area contributed by atoms with E-state index >= 15 is 0 Å². The third-order valence-corrected chi connectivity index (χ3v) is 5.05. The molecule has 1 aromatic carbocycles. The molecule has 2 aromatic heterocycles. The first-order chi connectivity index (χ1) is 14.8. The number of hydrogen-bond donors (Lipinski definition) is 1. The number of ether oxygens (including phenoxy) is 1. The lowest BCUT2D eigenvalue weighted by molar-refractivity contribution is -0.0964. The van der Waals surface area contributed by atoms with Crippen LogP contribution in [0.2, 0.25) is 0 Å². The van der Waals surface area contributed by atoms with E-state index in [2.05, 4.69) is 25.0 Å². The lowest BCUT2D eigenvalue weighted by Gasteiger charge is -2.20. The quantitative estimate of drug-likeness (QED) is 0.563. The van der Waals surface area contributed by atoms with Gasteiger partial charge in [-0.05, 0) is 49.2 Å². The number of amides is 1. The Morgan fingerprint density at radius 3 is 2.52 bits per heavy atom. The minimum absolute atomic E-state index is 0.117. The van der Waals surface area contributed by atoms with E-state index in [1.165, 1.54) is 30.5 Å². The van der Waals surface area contributed by atoms with E-state index in [1.807, 2.05) is 13.1 Å². The lowest BCUT2D eigenvalue weighted by Crippen LogP contribution is -2.21. The van der Waals surface area contributed by atoms with Crippen LogP contribution in [0.3, 0.4) is 0 Å². The summed E-state index contributed by atoms with van der Waals surface area (Å²) in [6, 6.07) is 9.15. The Hall–Kier alpha value is -3.20. The maximum Gasteiger partial charge on any atom is 0.487 e. The molecule has 1 aliphatic rings. The molecule has 3 heterocycles. The largest absolute Gasteiger partial charge is 0.487 e. The first-order valence-corrected chi connectivity index (χ1v) is 10.1. The lowest BCUT2D eigenvalue weighted by atomic mass is 10.1. The fourth-order valence-electron chi connectivity index (χ4n) is 3.53. The molecule has 1 fully saturated rings. The molecule has 1 amide bonds. The zero-order valence-corrected chi connectivity index (χ0v) is 17.4. The van der Waals surface area contributed by atoms with Crippen LogP contribution in [0.25, 0.3) is 11.3 Å². The number of hydrogen-bond acceptors (Lipinski definition) is 5. The first-order valence-electron chi connectivity index (χ1n) is 9.71. The van der Waals surface area contributed by atoms with Crippen molar-refractivity contribution < 1.29 is 18.3 Å². The summed E-state index contributed by atoms with van der Waals surface area (Å²) < 4.78 is 31.5. The third-order valence-electron chi connectivity index (χ3n) is 4.98. The van der Waals surface area contributed by atoms with Gasteiger partial charge in [-0.25, -0.2) is 4.98 Å². The summed E-state index contributed by atoms with van der Waals surface area (Å²) in [5.41, 5.74) is -1.33. The van der Waals surface area contributed by atoms with Crippen molar-refractivity contribution in [1.82, 2.24) is 14.8 Å². The highest BCUT2D eigenvalue weighted by Crippen LogP contribution is 2.32. The number of aryl methyl sites for hydroxylation is 1. The van der Waals surface area contributed by atoms with Gasteiger partial charge in [-0.1, -0.05) is 0 Å². The van der Waals surface area contributed by atoms with E-state index in [9.17, 15) is 13.6 Å². The van der Waals surface area contributed by atoms with E-state index in [0.29, 0.717) is 11.3 Å². The van der Waals surface area contributed by atoms with Crippen molar-refractivity contribution in [2.45, 2.75) is 18.4 Å². The van der Waals surface area contributed by atoms with Gasteiger partial charge in [-0.3, -0.25) is 9.48 Å². The standard InChI is InChI=1S/C21H20ClF2N5O2/c1-28-18(8-9-26-28)17-12-14(13-25-19(17)29-10-2-3-11-29)20(30)27-15-4-6-16(7-5-15)31-21(22,23)24/h4-9,12-13H,2-3,10-11H2,1H3,(H,27,30). The maximum absolute atomic E-state index is 12.8. The Morgan fingerprint density at radius 2 is 1.90 bits per heavy atom. The van der Waals surface area contributed by atoms with Crippen LogP contribution in [0.5, 0.6) is 5.75 Å². The van der Waals surface area contributed by atoms with Crippen molar-refractivity contribution >= 4 is 29.0 Å². The summed E-state index contributed by atoms with van der Waals surface area (Å²) in [4.78, 5) is 19.6. The maximum atomic E-state index is 12.8. The molecule has 0 spiro atoms. The smallest absolute Gasteiger partial charge is 0.420 e. The van der Waals surface area contributed by atoms with Crippen LogP contribution >= 0.6 is 11.6 Å². The van der Waals surface area contributed by atoms with Gasteiger partial charge >= 0.3 is 5.57 Å². The summed E-state index contributed by atoms with van der Waals surface area (Å²) in [5.74, 6) is 0.328. The molecule has 4 rings (SSSR count). The van der Waals surface area contributed by atoms with Crippen LogP contribution < -0.4 is 15.0 Å². The van der Waals surface area contributed by atoms with E-state index in [-0.39, 0.29) is 11.7 Å². The second-order valence-electron chi connectivity index (χ2n) is 7.16. The normalized spacial score (nSPS) is 14.0. The zero-order chi connectivity index (χ0) is 22.0. The fourth-order valence-corrected chi connectivity index (χ4v) is 3.62. The number of nitrogens with zero attached hydrogens (tertiary/aromatic N) is 4. The van der Waals surface area contributed by atoms with Gasteiger partial charge in [0, 0.05) is 55.4 Å². The van der Waals surface area contributed by atoms with E-state index in [1.54, 1.807) is 16.9 Å². The molecular formula is C21H20ClF2N5O2. The van der Waals surface area contributed by atoms with Crippen LogP contribution in [0, 0.1) is 0 Å². The van der Waals surface area contributed by atoms with Crippen LogP contribution in [-0.2, 0) is 7.05 Å². The van der Waals surface area contributed by atoms with Crippen molar-refractivity contribution in [3.05, 3.63) is 54.4 Å². The number of halogens is 3. The van der Waals surface area contributed by atoms with Crippen molar-refractivity contribution in [2.75, 3.05) is 23.3 Å². The molecule has 0 saturated carbocycles. The molecule has 162 valence electrons.